The van der Waals surface area contributed by atoms with Crippen molar-refractivity contribution in [3.8, 4) is 22.6 Å². The van der Waals surface area contributed by atoms with Crippen LogP contribution < -0.4 is 35.6 Å². The molecule has 18 heteroatoms. The van der Waals surface area contributed by atoms with Crippen LogP contribution in [0, 0.1) is 0 Å². The van der Waals surface area contributed by atoms with E-state index in [-0.39, 0.29) is 18.2 Å². The Balaban J connectivity index is 0.791. The fourth-order valence-corrected chi connectivity index (χ4v) is 10.9. The molecule has 1 unspecified atom stereocenters. The number of aromatic amines is 1. The SMILES string of the molecule is CCc1cc(Nc2ncc(-c3cn[nH]c3)c(Nc3ccccc3P(C)(C)=O)n2)c(OC)cc1N1CCC(N2CCN(CCOc3cccc4c3CN(C3CCC(=O)NC3=O)C4=O)CC2)CC1. The van der Waals surface area contributed by atoms with E-state index in [4.69, 9.17) is 19.4 Å². The zero-order valence-electron chi connectivity index (χ0n) is 38.0. The Morgan fingerprint density at radius 2 is 1.68 bits per heavy atom. The fourth-order valence-electron chi connectivity index (χ4n) is 9.70. The maximum atomic E-state index is 13.3. The first-order chi connectivity index (χ1) is 32.0. The molecule has 3 fully saturated rings. The molecule has 17 nitrogen and oxygen atoms in total. The van der Waals surface area contributed by atoms with Crippen LogP contribution in [0.15, 0.2) is 73.2 Å². The molecule has 4 aliphatic rings. The monoisotopic (exact) mass is 915 g/mol. The number of methoxy groups -OCH3 is 1. The highest BCUT2D eigenvalue weighted by molar-refractivity contribution is 7.70. The number of amides is 3. The molecule has 4 aliphatic heterocycles. The molecule has 346 valence electrons. The third kappa shape index (κ3) is 9.51. The van der Waals surface area contributed by atoms with Crippen molar-refractivity contribution in [3.63, 3.8) is 0 Å². The number of ether oxygens (including phenoxy) is 2. The van der Waals surface area contributed by atoms with Crippen LogP contribution >= 0.6 is 7.14 Å². The molecule has 0 aliphatic carbocycles. The van der Waals surface area contributed by atoms with Gasteiger partial charge >= 0.3 is 0 Å². The summed E-state index contributed by atoms with van der Waals surface area (Å²) < 4.78 is 25.5. The normalized spacial score (nSPS) is 18.6. The van der Waals surface area contributed by atoms with Gasteiger partial charge in [0.15, 0.2) is 0 Å². The van der Waals surface area contributed by atoms with Gasteiger partial charge in [-0.1, -0.05) is 25.1 Å². The molecule has 3 saturated heterocycles. The zero-order chi connectivity index (χ0) is 46.0. The number of rotatable bonds is 15. The van der Waals surface area contributed by atoms with E-state index in [0.29, 0.717) is 54.4 Å². The first-order valence-electron chi connectivity index (χ1n) is 22.8. The van der Waals surface area contributed by atoms with Gasteiger partial charge in [-0.25, -0.2) is 4.98 Å². The van der Waals surface area contributed by atoms with Crippen molar-refractivity contribution < 1.29 is 28.4 Å². The van der Waals surface area contributed by atoms with E-state index in [0.717, 1.165) is 98.4 Å². The molecule has 2 aromatic heterocycles. The lowest BCUT2D eigenvalue weighted by Crippen LogP contribution is -2.53. The van der Waals surface area contributed by atoms with Gasteiger partial charge in [0.1, 0.15) is 37.1 Å². The van der Waals surface area contributed by atoms with E-state index in [1.165, 1.54) is 11.3 Å². The third-order valence-corrected chi connectivity index (χ3v) is 14.8. The van der Waals surface area contributed by atoms with E-state index in [1.807, 2.05) is 36.4 Å². The Kier molecular flexibility index (Phi) is 13.1. The van der Waals surface area contributed by atoms with Crippen LogP contribution in [0.25, 0.3) is 11.1 Å². The Labute approximate surface area is 385 Å². The summed E-state index contributed by atoms with van der Waals surface area (Å²) in [6.07, 6.45) is 8.80. The number of piperazine rings is 1. The number of anilines is 5. The molecule has 6 heterocycles. The quantitative estimate of drug-likeness (QED) is 0.0750. The van der Waals surface area contributed by atoms with Crippen LogP contribution in [-0.4, -0.2) is 138 Å². The number of aryl methyl sites for hydroxylation is 1. The Morgan fingerprint density at radius 1 is 0.879 bits per heavy atom. The lowest BCUT2D eigenvalue weighted by atomic mass is 9.99. The number of aromatic nitrogens is 4. The zero-order valence-corrected chi connectivity index (χ0v) is 38.9. The molecule has 9 rings (SSSR count). The van der Waals surface area contributed by atoms with Crippen molar-refractivity contribution in [1.82, 2.24) is 40.2 Å². The van der Waals surface area contributed by atoms with Crippen molar-refractivity contribution in [3.05, 3.63) is 89.9 Å². The number of carbonyl (C=O) groups is 3. The number of piperidine rings is 2. The van der Waals surface area contributed by atoms with Gasteiger partial charge in [-0.15, -0.1) is 0 Å². The molecule has 1 atom stereocenters. The number of nitrogens with zero attached hydrogens (tertiary/aromatic N) is 7. The maximum absolute atomic E-state index is 13.3. The number of hydrogen-bond acceptors (Lipinski definition) is 14. The minimum absolute atomic E-state index is 0.196. The van der Waals surface area contributed by atoms with Gasteiger partial charge in [0.2, 0.25) is 17.8 Å². The highest BCUT2D eigenvalue weighted by atomic mass is 31.2. The molecule has 0 saturated carbocycles. The number of para-hydroxylation sites is 1. The highest BCUT2D eigenvalue weighted by Gasteiger charge is 2.40. The number of hydrogen-bond donors (Lipinski definition) is 4. The molecule has 0 bridgehead atoms. The van der Waals surface area contributed by atoms with Crippen molar-refractivity contribution in [2.75, 3.05) is 88.4 Å². The summed E-state index contributed by atoms with van der Waals surface area (Å²) in [5.74, 6) is 1.40. The number of fused-ring (bicyclic) bond motifs is 1. The van der Waals surface area contributed by atoms with Gasteiger partial charge in [0, 0.05) is 110 Å². The summed E-state index contributed by atoms with van der Waals surface area (Å²) in [5, 5.41) is 17.0. The predicted octanol–water partition coefficient (Wildman–Crippen LogP) is 5.60. The van der Waals surface area contributed by atoms with Gasteiger partial charge in [-0.3, -0.25) is 34.6 Å². The third-order valence-electron chi connectivity index (χ3n) is 13.3. The fraction of sp³-hybridized carbons (Fsp3) is 0.417. The lowest BCUT2D eigenvalue weighted by molar-refractivity contribution is -0.136. The summed E-state index contributed by atoms with van der Waals surface area (Å²) in [7, 11) is -0.911. The first-order valence-corrected chi connectivity index (χ1v) is 25.4. The summed E-state index contributed by atoms with van der Waals surface area (Å²) in [6.45, 7) is 13.1. The van der Waals surface area contributed by atoms with Crippen LogP contribution in [-0.2, 0) is 27.1 Å². The van der Waals surface area contributed by atoms with Crippen LogP contribution in [0.1, 0.15) is 54.1 Å². The maximum Gasteiger partial charge on any atom is 0.255 e. The van der Waals surface area contributed by atoms with Crippen molar-refractivity contribution in [1.29, 1.82) is 0 Å². The van der Waals surface area contributed by atoms with Crippen molar-refractivity contribution in [2.24, 2.45) is 0 Å². The summed E-state index contributed by atoms with van der Waals surface area (Å²) >= 11 is 0. The van der Waals surface area contributed by atoms with E-state index in [9.17, 15) is 18.9 Å². The second-order valence-corrected chi connectivity index (χ2v) is 20.9. The van der Waals surface area contributed by atoms with Gasteiger partial charge in [0.05, 0.1) is 31.2 Å². The standard InChI is InChI=1S/C48H58N11O6P/c1-5-31-25-38(53-48-49-29-35(32-27-50-51-28-32)45(55-48)52-37-10-6-7-12-43(37)66(3,4)63)42(64-2)26-40(31)58-17-15-33(16-18-58)57-21-19-56(20-22-57)23-24-65-41-11-8-9-34-36(41)30-59(47(34)62)39-13-14-44(60)54-46(39)61/h6-12,25-29,33,39H,5,13-24,30H2,1-4H3,(H,50,51)(H,54,60,61)(H2,49,52,53,55). The van der Waals surface area contributed by atoms with Gasteiger partial charge in [-0.05, 0) is 74.9 Å². The second-order valence-electron chi connectivity index (χ2n) is 17.7. The molecular formula is C48H58N11O6P. The number of H-pyrrole nitrogens is 1. The Hall–Kier alpha value is -6.29. The van der Waals surface area contributed by atoms with E-state index in [1.54, 1.807) is 50.0 Å². The molecular weight excluding hydrogens is 858 g/mol. The molecule has 5 aromatic rings. The van der Waals surface area contributed by atoms with Crippen LogP contribution in [0.5, 0.6) is 11.5 Å². The number of carbonyl (C=O) groups excluding carboxylic acids is 3. The lowest BCUT2D eigenvalue weighted by Gasteiger charge is -2.43. The van der Waals surface area contributed by atoms with Crippen LogP contribution in [0.4, 0.5) is 28.8 Å². The van der Waals surface area contributed by atoms with Gasteiger partial charge in [0.25, 0.3) is 5.91 Å². The Morgan fingerprint density at radius 3 is 2.41 bits per heavy atom. The molecule has 4 N–H and O–H groups in total. The van der Waals surface area contributed by atoms with Crippen molar-refractivity contribution in [2.45, 2.75) is 57.7 Å². The summed E-state index contributed by atoms with van der Waals surface area (Å²) in [4.78, 5) is 56.2. The average molecular weight is 916 g/mol. The molecule has 0 spiro atoms. The number of imide groups is 1. The van der Waals surface area contributed by atoms with E-state index >= 15 is 0 Å². The van der Waals surface area contributed by atoms with Crippen molar-refractivity contribution >= 4 is 59.0 Å². The predicted molar refractivity (Wildman–Crippen MR) is 255 cm³/mol. The first kappa shape index (κ1) is 44.9. The van der Waals surface area contributed by atoms with Gasteiger partial charge in [-0.2, -0.15) is 10.1 Å². The Bertz CT molecular complexity index is 2640. The molecule has 0 radical (unpaired) electrons. The topological polar surface area (TPSA) is 190 Å². The minimum atomic E-state index is -2.59. The number of nitrogens with one attached hydrogen (secondary N) is 4. The molecule has 3 amide bonds. The molecule has 66 heavy (non-hydrogen) atoms. The second kappa shape index (κ2) is 19.3. The number of benzene rings is 3. The summed E-state index contributed by atoms with van der Waals surface area (Å²) in [6, 6.07) is 17.2. The highest BCUT2D eigenvalue weighted by Crippen LogP contribution is 2.41. The smallest absolute Gasteiger partial charge is 0.255 e. The average Bonchev–Trinajstić information content (AvgIpc) is 3.98. The van der Waals surface area contributed by atoms with Crippen LogP contribution in [0.2, 0.25) is 0 Å². The molecule has 3 aromatic carbocycles. The van der Waals surface area contributed by atoms with Gasteiger partial charge < -0.3 is 34.5 Å². The largest absolute Gasteiger partial charge is 0.494 e. The minimum Gasteiger partial charge on any atom is -0.494 e. The van der Waals surface area contributed by atoms with Crippen LogP contribution in [0.3, 0.4) is 0 Å². The summed E-state index contributed by atoms with van der Waals surface area (Å²) in [5.41, 5.74) is 6.80. The van der Waals surface area contributed by atoms with E-state index in [2.05, 4.69) is 59.9 Å². The van der Waals surface area contributed by atoms with E-state index < -0.39 is 19.1 Å².